The van der Waals surface area contributed by atoms with Crippen LogP contribution in [0.1, 0.15) is 16.1 Å². The molecule has 0 bridgehead atoms. The summed E-state index contributed by atoms with van der Waals surface area (Å²) in [5.74, 6) is 0.0320. The third-order valence-corrected chi connectivity index (χ3v) is 4.38. The molecular formula is C11H12N2OS3. The Balaban J connectivity index is 1.89. The van der Waals surface area contributed by atoms with Crippen LogP contribution in [0.25, 0.3) is 0 Å². The van der Waals surface area contributed by atoms with Gasteiger partial charge in [0.05, 0.1) is 6.42 Å². The Hall–Kier alpha value is -0.980. The molecule has 90 valence electrons. The summed E-state index contributed by atoms with van der Waals surface area (Å²) in [5.41, 5.74) is 2.13. The third-order valence-electron chi connectivity index (χ3n) is 2.31. The number of aromatic amines is 1. The average Bonchev–Trinajstić information content (AvgIpc) is 2.87. The summed E-state index contributed by atoms with van der Waals surface area (Å²) >= 11 is 8.13. The fourth-order valence-corrected chi connectivity index (χ4v) is 3.37. The van der Waals surface area contributed by atoms with E-state index in [4.69, 9.17) is 12.2 Å². The van der Waals surface area contributed by atoms with Crippen LogP contribution in [-0.4, -0.2) is 10.9 Å². The van der Waals surface area contributed by atoms with Gasteiger partial charge in [0.15, 0.2) is 3.95 Å². The highest BCUT2D eigenvalue weighted by Crippen LogP contribution is 2.15. The Morgan fingerprint density at radius 3 is 3.00 bits per heavy atom. The second kappa shape index (κ2) is 5.57. The summed E-state index contributed by atoms with van der Waals surface area (Å²) in [6, 6.07) is 2.01. The van der Waals surface area contributed by atoms with Gasteiger partial charge in [0, 0.05) is 17.1 Å². The quantitative estimate of drug-likeness (QED) is 0.848. The molecule has 6 heteroatoms. The largest absolute Gasteiger partial charge is 0.352 e. The summed E-state index contributed by atoms with van der Waals surface area (Å²) in [4.78, 5) is 15.8. The number of aromatic nitrogens is 1. The van der Waals surface area contributed by atoms with E-state index in [-0.39, 0.29) is 5.91 Å². The van der Waals surface area contributed by atoms with Crippen LogP contribution >= 0.6 is 34.9 Å². The summed E-state index contributed by atoms with van der Waals surface area (Å²) in [6.07, 6.45) is 0.397. The molecule has 0 aliphatic rings. The predicted octanol–water partition coefficient (Wildman–Crippen LogP) is 3.03. The first-order chi connectivity index (χ1) is 8.15. The van der Waals surface area contributed by atoms with Gasteiger partial charge in [-0.2, -0.15) is 11.3 Å². The van der Waals surface area contributed by atoms with Crippen molar-refractivity contribution in [3.63, 3.8) is 0 Å². The van der Waals surface area contributed by atoms with Gasteiger partial charge in [-0.25, -0.2) is 0 Å². The van der Waals surface area contributed by atoms with E-state index < -0.39 is 0 Å². The van der Waals surface area contributed by atoms with E-state index in [1.54, 1.807) is 11.3 Å². The maximum Gasteiger partial charge on any atom is 0.225 e. The van der Waals surface area contributed by atoms with E-state index >= 15 is 0 Å². The minimum atomic E-state index is 0.0320. The van der Waals surface area contributed by atoms with E-state index in [0.29, 0.717) is 13.0 Å². The van der Waals surface area contributed by atoms with Gasteiger partial charge in [0.2, 0.25) is 5.91 Å². The van der Waals surface area contributed by atoms with Gasteiger partial charge < -0.3 is 10.3 Å². The number of carbonyl (C=O) groups is 1. The summed E-state index contributed by atoms with van der Waals surface area (Å²) < 4.78 is 0.725. The van der Waals surface area contributed by atoms with Gasteiger partial charge >= 0.3 is 0 Å². The zero-order valence-electron chi connectivity index (χ0n) is 9.28. The van der Waals surface area contributed by atoms with E-state index in [1.165, 1.54) is 11.3 Å². The zero-order chi connectivity index (χ0) is 12.3. The number of nitrogens with one attached hydrogen (secondary N) is 2. The highest BCUT2D eigenvalue weighted by Gasteiger charge is 2.08. The molecule has 2 rings (SSSR count). The van der Waals surface area contributed by atoms with Crippen molar-refractivity contribution < 1.29 is 4.79 Å². The monoisotopic (exact) mass is 284 g/mol. The van der Waals surface area contributed by atoms with Crippen molar-refractivity contribution in [2.45, 2.75) is 19.9 Å². The predicted molar refractivity (Wildman–Crippen MR) is 74.1 cm³/mol. The van der Waals surface area contributed by atoms with Gasteiger partial charge in [-0.1, -0.05) is 0 Å². The lowest BCUT2D eigenvalue weighted by atomic mass is 10.3. The number of H-pyrrole nitrogens is 1. The molecular weight excluding hydrogens is 272 g/mol. The van der Waals surface area contributed by atoms with Crippen LogP contribution < -0.4 is 5.32 Å². The first-order valence-electron chi connectivity index (χ1n) is 5.11. The van der Waals surface area contributed by atoms with E-state index in [2.05, 4.69) is 10.3 Å². The summed E-state index contributed by atoms with van der Waals surface area (Å²) in [7, 11) is 0. The molecule has 2 N–H and O–H groups in total. The topological polar surface area (TPSA) is 44.9 Å². The molecule has 17 heavy (non-hydrogen) atoms. The number of thiophene rings is 1. The number of aryl methyl sites for hydroxylation is 1. The van der Waals surface area contributed by atoms with Crippen LogP contribution in [0.3, 0.4) is 0 Å². The SMILES string of the molecule is Cc1[nH]c(=S)sc1CC(=O)NCc1ccsc1. The lowest BCUT2D eigenvalue weighted by Gasteiger charge is -2.02. The van der Waals surface area contributed by atoms with E-state index in [1.807, 2.05) is 23.8 Å². The number of thiazole rings is 1. The van der Waals surface area contributed by atoms with Crippen molar-refractivity contribution >= 4 is 40.8 Å². The van der Waals surface area contributed by atoms with Crippen molar-refractivity contribution in [2.24, 2.45) is 0 Å². The number of carbonyl (C=O) groups excluding carboxylic acids is 1. The van der Waals surface area contributed by atoms with Gasteiger partial charge in [-0.05, 0) is 41.5 Å². The van der Waals surface area contributed by atoms with E-state index in [0.717, 1.165) is 20.1 Å². The molecule has 0 aliphatic heterocycles. The zero-order valence-corrected chi connectivity index (χ0v) is 11.7. The van der Waals surface area contributed by atoms with Crippen LogP contribution in [0.4, 0.5) is 0 Å². The maximum atomic E-state index is 11.7. The van der Waals surface area contributed by atoms with Gasteiger partial charge in [-0.3, -0.25) is 4.79 Å². The normalized spacial score (nSPS) is 10.4. The fourth-order valence-electron chi connectivity index (χ4n) is 1.41. The molecule has 0 saturated carbocycles. The lowest BCUT2D eigenvalue weighted by molar-refractivity contribution is -0.120. The molecule has 0 saturated heterocycles. The van der Waals surface area contributed by atoms with Crippen molar-refractivity contribution in [3.8, 4) is 0 Å². The first-order valence-corrected chi connectivity index (χ1v) is 7.28. The van der Waals surface area contributed by atoms with Crippen LogP contribution in [0.5, 0.6) is 0 Å². The third kappa shape index (κ3) is 3.49. The number of rotatable bonds is 4. The van der Waals surface area contributed by atoms with Gasteiger partial charge in [0.25, 0.3) is 0 Å². The molecule has 0 aliphatic carbocycles. The second-order valence-electron chi connectivity index (χ2n) is 3.65. The molecule has 2 heterocycles. The molecule has 2 aromatic rings. The Bertz CT molecular complexity index is 554. The highest BCUT2D eigenvalue weighted by molar-refractivity contribution is 7.73. The van der Waals surface area contributed by atoms with Crippen LogP contribution in [0, 0.1) is 10.9 Å². The molecule has 0 atom stereocenters. The number of amides is 1. The van der Waals surface area contributed by atoms with Crippen molar-refractivity contribution in [2.75, 3.05) is 0 Å². The first kappa shape index (κ1) is 12.5. The molecule has 0 aromatic carbocycles. The highest BCUT2D eigenvalue weighted by atomic mass is 32.1. The molecule has 1 amide bonds. The van der Waals surface area contributed by atoms with E-state index in [9.17, 15) is 4.79 Å². The number of hydrogen-bond donors (Lipinski definition) is 2. The standard InChI is InChI=1S/C11H12N2OS3/c1-7-9(17-11(15)13-7)4-10(14)12-5-8-2-3-16-6-8/h2-3,6H,4-5H2,1H3,(H,12,14)(H,13,15). The molecule has 0 spiro atoms. The van der Waals surface area contributed by atoms with Crippen LogP contribution in [0.2, 0.25) is 0 Å². The Morgan fingerprint density at radius 2 is 2.41 bits per heavy atom. The Kier molecular flexibility index (Phi) is 4.09. The minimum Gasteiger partial charge on any atom is -0.352 e. The van der Waals surface area contributed by atoms with Gasteiger partial charge in [-0.15, -0.1) is 11.3 Å². The number of hydrogen-bond acceptors (Lipinski definition) is 4. The molecule has 2 aromatic heterocycles. The van der Waals surface area contributed by atoms with Crippen LogP contribution in [-0.2, 0) is 17.8 Å². The molecule has 0 unspecified atom stereocenters. The lowest BCUT2D eigenvalue weighted by Crippen LogP contribution is -2.24. The summed E-state index contributed by atoms with van der Waals surface area (Å²) in [6.45, 7) is 2.53. The fraction of sp³-hybridized carbons (Fsp3) is 0.273. The van der Waals surface area contributed by atoms with Gasteiger partial charge in [0.1, 0.15) is 0 Å². The minimum absolute atomic E-state index is 0.0320. The molecule has 0 radical (unpaired) electrons. The maximum absolute atomic E-state index is 11.7. The average molecular weight is 284 g/mol. The smallest absolute Gasteiger partial charge is 0.225 e. The Morgan fingerprint density at radius 1 is 1.59 bits per heavy atom. The molecule has 0 fully saturated rings. The van der Waals surface area contributed by atoms with Crippen molar-refractivity contribution in [1.82, 2.24) is 10.3 Å². The Labute approximate surface area is 113 Å². The van der Waals surface area contributed by atoms with Crippen molar-refractivity contribution in [3.05, 3.63) is 36.9 Å². The summed E-state index contributed by atoms with van der Waals surface area (Å²) in [5, 5.41) is 6.93. The van der Waals surface area contributed by atoms with Crippen LogP contribution in [0.15, 0.2) is 16.8 Å². The molecule has 3 nitrogen and oxygen atoms in total. The van der Waals surface area contributed by atoms with Crippen molar-refractivity contribution in [1.29, 1.82) is 0 Å². The second-order valence-corrected chi connectivity index (χ2v) is 6.20.